The van der Waals surface area contributed by atoms with E-state index >= 15 is 0 Å². The summed E-state index contributed by atoms with van der Waals surface area (Å²) in [6.45, 7) is 4.54. The number of rotatable bonds is 3. The van der Waals surface area contributed by atoms with Gasteiger partial charge in [-0.15, -0.1) is 0 Å². The molecule has 0 bridgehead atoms. The third-order valence-electron chi connectivity index (χ3n) is 4.31. The van der Waals surface area contributed by atoms with Crippen LogP contribution in [0.25, 0.3) is 0 Å². The lowest BCUT2D eigenvalue weighted by molar-refractivity contribution is 0.0679. The van der Waals surface area contributed by atoms with Crippen molar-refractivity contribution in [3.63, 3.8) is 0 Å². The zero-order valence-electron chi connectivity index (χ0n) is 13.5. The summed E-state index contributed by atoms with van der Waals surface area (Å²) < 4.78 is 9.54. The summed E-state index contributed by atoms with van der Waals surface area (Å²) in [4.78, 5) is 19.0. The van der Waals surface area contributed by atoms with Gasteiger partial charge in [-0.1, -0.05) is 0 Å². The van der Waals surface area contributed by atoms with Gasteiger partial charge < -0.3 is 13.9 Å². The van der Waals surface area contributed by atoms with Crippen molar-refractivity contribution in [1.82, 2.24) is 24.2 Å². The fourth-order valence-corrected chi connectivity index (χ4v) is 3.19. The number of nitrogens with zero attached hydrogens (tertiary/aromatic N) is 5. The Morgan fingerprint density at radius 3 is 2.96 bits per heavy atom. The van der Waals surface area contributed by atoms with Crippen molar-refractivity contribution in [2.24, 2.45) is 5.92 Å². The van der Waals surface area contributed by atoms with Crippen LogP contribution in [0.1, 0.15) is 22.1 Å². The number of carbonyl (C=O) groups is 1. The van der Waals surface area contributed by atoms with Gasteiger partial charge in [-0.25, -0.2) is 4.98 Å². The molecule has 0 unspecified atom stereocenters. The molecule has 0 aliphatic carbocycles. The molecule has 24 heavy (non-hydrogen) atoms. The molecule has 0 saturated carbocycles. The van der Waals surface area contributed by atoms with Crippen molar-refractivity contribution in [3.8, 4) is 0 Å². The van der Waals surface area contributed by atoms with Crippen LogP contribution in [0.4, 0.5) is 0 Å². The molecule has 0 aromatic carbocycles. The van der Waals surface area contributed by atoms with Crippen LogP contribution in [0.15, 0.2) is 47.4 Å². The molecule has 1 aliphatic heterocycles. The molecule has 3 aromatic heterocycles. The van der Waals surface area contributed by atoms with Gasteiger partial charge in [0.05, 0.1) is 6.54 Å². The van der Waals surface area contributed by atoms with Crippen LogP contribution in [0.5, 0.6) is 0 Å². The second-order valence-corrected chi connectivity index (χ2v) is 6.19. The predicted molar refractivity (Wildman–Crippen MR) is 86.1 cm³/mol. The van der Waals surface area contributed by atoms with Gasteiger partial charge in [-0.3, -0.25) is 9.48 Å². The van der Waals surface area contributed by atoms with Crippen LogP contribution >= 0.6 is 0 Å². The summed E-state index contributed by atoms with van der Waals surface area (Å²) in [5.41, 5.74) is 0. The van der Waals surface area contributed by atoms with E-state index in [1.807, 2.05) is 41.0 Å². The van der Waals surface area contributed by atoms with Gasteiger partial charge >= 0.3 is 0 Å². The zero-order valence-corrected chi connectivity index (χ0v) is 13.5. The summed E-state index contributed by atoms with van der Waals surface area (Å²) in [6.07, 6.45) is 7.47. The van der Waals surface area contributed by atoms with Crippen LogP contribution < -0.4 is 0 Å². The Labute approximate surface area is 139 Å². The Morgan fingerprint density at radius 1 is 1.29 bits per heavy atom. The molecular formula is C17H19N5O2. The van der Waals surface area contributed by atoms with Gasteiger partial charge in [0.2, 0.25) is 0 Å². The third-order valence-corrected chi connectivity index (χ3v) is 4.31. The van der Waals surface area contributed by atoms with E-state index in [0.717, 1.165) is 24.7 Å². The average molecular weight is 325 g/mol. The molecule has 7 heteroatoms. The number of hydrogen-bond donors (Lipinski definition) is 0. The molecule has 0 saturated heterocycles. The quantitative estimate of drug-likeness (QED) is 0.738. The minimum absolute atomic E-state index is 0.0926. The van der Waals surface area contributed by atoms with Crippen LogP contribution in [0, 0.1) is 12.8 Å². The van der Waals surface area contributed by atoms with E-state index in [2.05, 4.69) is 14.6 Å². The van der Waals surface area contributed by atoms with E-state index in [1.165, 1.54) is 0 Å². The lowest BCUT2D eigenvalue weighted by Gasteiger charge is -2.23. The van der Waals surface area contributed by atoms with Crippen LogP contribution in [0.2, 0.25) is 0 Å². The number of hydrogen-bond acceptors (Lipinski definition) is 4. The number of carbonyl (C=O) groups excluding carboxylic acids is 1. The summed E-state index contributed by atoms with van der Waals surface area (Å²) in [5, 5.41) is 4.29. The van der Waals surface area contributed by atoms with Crippen molar-refractivity contribution in [2.75, 3.05) is 6.54 Å². The standard InChI is InChI=1S/C17H19N5O2/c1-13-3-4-15(24-13)17(23)21-10-14(11-22-7-2-5-19-22)9-20-8-6-18-16(20)12-21/h2-8,14H,9-12H2,1H3/t14-/m1/s1. The van der Waals surface area contributed by atoms with Crippen LogP contribution in [-0.2, 0) is 19.6 Å². The first-order valence-electron chi connectivity index (χ1n) is 8.02. The van der Waals surface area contributed by atoms with Gasteiger partial charge in [0.25, 0.3) is 5.91 Å². The van der Waals surface area contributed by atoms with E-state index in [-0.39, 0.29) is 11.8 Å². The Kier molecular flexibility index (Phi) is 3.68. The maximum atomic E-state index is 12.8. The lowest BCUT2D eigenvalue weighted by Crippen LogP contribution is -2.35. The smallest absolute Gasteiger partial charge is 0.289 e. The Bertz CT molecular complexity index is 833. The summed E-state index contributed by atoms with van der Waals surface area (Å²) in [7, 11) is 0. The largest absolute Gasteiger partial charge is 0.456 e. The monoisotopic (exact) mass is 325 g/mol. The molecule has 4 heterocycles. The van der Waals surface area contributed by atoms with E-state index in [0.29, 0.717) is 18.8 Å². The Balaban J connectivity index is 1.60. The molecule has 3 aromatic rings. The molecule has 124 valence electrons. The van der Waals surface area contributed by atoms with E-state index in [1.54, 1.807) is 18.5 Å². The van der Waals surface area contributed by atoms with Crippen molar-refractivity contribution in [3.05, 3.63) is 60.3 Å². The predicted octanol–water partition coefficient (Wildman–Crippen LogP) is 1.95. The van der Waals surface area contributed by atoms with E-state index in [9.17, 15) is 4.79 Å². The van der Waals surface area contributed by atoms with Gasteiger partial charge in [-0.2, -0.15) is 5.10 Å². The number of fused-ring (bicyclic) bond motifs is 1. The highest BCUT2D eigenvalue weighted by molar-refractivity contribution is 5.91. The molecular weight excluding hydrogens is 306 g/mol. The minimum atomic E-state index is -0.0926. The average Bonchev–Trinajstić information content (AvgIpc) is 3.28. The van der Waals surface area contributed by atoms with Crippen molar-refractivity contribution >= 4 is 5.91 Å². The SMILES string of the molecule is Cc1ccc(C(=O)N2Cc3nccn3C[C@@H](Cn3cccn3)C2)o1. The zero-order chi connectivity index (χ0) is 16.5. The fraction of sp³-hybridized carbons (Fsp3) is 0.353. The molecule has 0 N–H and O–H groups in total. The number of furan rings is 1. The van der Waals surface area contributed by atoms with Crippen molar-refractivity contribution in [1.29, 1.82) is 0 Å². The summed E-state index contributed by atoms with van der Waals surface area (Å²) in [6, 6.07) is 5.46. The molecule has 7 nitrogen and oxygen atoms in total. The summed E-state index contributed by atoms with van der Waals surface area (Å²) in [5.74, 6) is 2.17. The lowest BCUT2D eigenvalue weighted by atomic mass is 10.1. The highest BCUT2D eigenvalue weighted by atomic mass is 16.3. The minimum Gasteiger partial charge on any atom is -0.456 e. The molecule has 1 amide bonds. The van der Waals surface area contributed by atoms with Crippen molar-refractivity contribution in [2.45, 2.75) is 26.6 Å². The van der Waals surface area contributed by atoms with Gasteiger partial charge in [-0.05, 0) is 25.1 Å². The third kappa shape index (κ3) is 2.84. The number of aryl methyl sites for hydroxylation is 1. The second-order valence-electron chi connectivity index (χ2n) is 6.19. The molecule has 4 rings (SSSR count). The molecule has 0 fully saturated rings. The van der Waals surface area contributed by atoms with E-state index < -0.39 is 0 Å². The number of aromatic nitrogens is 4. The van der Waals surface area contributed by atoms with Gasteiger partial charge in [0.15, 0.2) is 5.76 Å². The molecule has 1 aliphatic rings. The fourth-order valence-electron chi connectivity index (χ4n) is 3.19. The Morgan fingerprint density at radius 2 is 2.21 bits per heavy atom. The maximum absolute atomic E-state index is 12.8. The van der Waals surface area contributed by atoms with Gasteiger partial charge in [0.1, 0.15) is 11.6 Å². The van der Waals surface area contributed by atoms with Crippen LogP contribution in [0.3, 0.4) is 0 Å². The maximum Gasteiger partial charge on any atom is 0.289 e. The molecule has 0 radical (unpaired) electrons. The first-order valence-corrected chi connectivity index (χ1v) is 8.02. The second kappa shape index (κ2) is 5.99. The highest BCUT2D eigenvalue weighted by Gasteiger charge is 2.28. The first-order chi connectivity index (χ1) is 11.7. The van der Waals surface area contributed by atoms with Crippen molar-refractivity contribution < 1.29 is 9.21 Å². The van der Waals surface area contributed by atoms with Crippen LogP contribution in [-0.4, -0.2) is 36.7 Å². The topological polar surface area (TPSA) is 69.1 Å². The first kappa shape index (κ1) is 14.7. The van der Waals surface area contributed by atoms with Gasteiger partial charge in [0, 0.05) is 50.3 Å². The molecule has 1 atom stereocenters. The summed E-state index contributed by atoms with van der Waals surface area (Å²) >= 11 is 0. The highest BCUT2D eigenvalue weighted by Crippen LogP contribution is 2.20. The normalized spacial score (nSPS) is 17.5. The number of imidazole rings is 1. The van der Waals surface area contributed by atoms with E-state index in [4.69, 9.17) is 4.42 Å². The Hall–Kier alpha value is -2.83. The molecule has 0 spiro atoms. The number of amides is 1.